The zero-order chi connectivity index (χ0) is 13.8. The maximum Gasteiger partial charge on any atom is 0.229 e. The molecule has 6 heteroatoms. The van der Waals surface area contributed by atoms with E-state index in [2.05, 4.69) is 22.1 Å². The van der Waals surface area contributed by atoms with Gasteiger partial charge in [-0.05, 0) is 45.8 Å². The summed E-state index contributed by atoms with van der Waals surface area (Å²) in [5.41, 5.74) is 0. The van der Waals surface area contributed by atoms with Gasteiger partial charge in [0.2, 0.25) is 5.91 Å². The van der Waals surface area contributed by atoms with Crippen LogP contribution in [0.25, 0.3) is 0 Å². The minimum absolute atomic E-state index is 0.148. The zero-order valence-electron chi connectivity index (χ0n) is 11.9. The van der Waals surface area contributed by atoms with Gasteiger partial charge in [-0.25, -0.2) is 0 Å². The van der Waals surface area contributed by atoms with Gasteiger partial charge in [-0.2, -0.15) is 0 Å². The Kier molecular flexibility index (Phi) is 4.87. The van der Waals surface area contributed by atoms with Crippen LogP contribution in [-0.4, -0.2) is 59.6 Å². The molecule has 0 aliphatic carbocycles. The third kappa shape index (κ3) is 4.24. The van der Waals surface area contributed by atoms with Crippen LogP contribution >= 0.6 is 11.3 Å². The van der Waals surface area contributed by atoms with Gasteiger partial charge in [0.1, 0.15) is 10.0 Å². The molecule has 19 heavy (non-hydrogen) atoms. The first kappa shape index (κ1) is 14.4. The van der Waals surface area contributed by atoms with E-state index in [1.165, 1.54) is 24.2 Å². The van der Waals surface area contributed by atoms with Crippen molar-refractivity contribution >= 4 is 17.2 Å². The summed E-state index contributed by atoms with van der Waals surface area (Å²) in [5.74, 6) is 0.788. The lowest BCUT2D eigenvalue weighted by Crippen LogP contribution is -2.38. The highest BCUT2D eigenvalue weighted by Gasteiger charge is 2.20. The van der Waals surface area contributed by atoms with Crippen molar-refractivity contribution in [3.05, 3.63) is 10.0 Å². The van der Waals surface area contributed by atoms with Crippen molar-refractivity contribution in [1.29, 1.82) is 0 Å². The van der Waals surface area contributed by atoms with E-state index in [4.69, 9.17) is 0 Å². The third-order valence-corrected chi connectivity index (χ3v) is 4.50. The number of piperidine rings is 1. The van der Waals surface area contributed by atoms with Crippen molar-refractivity contribution in [3.63, 3.8) is 0 Å². The molecule has 0 saturated carbocycles. The number of carbonyl (C=O) groups excluding carboxylic acids is 1. The first-order valence-corrected chi connectivity index (χ1v) is 7.57. The van der Waals surface area contributed by atoms with Crippen molar-refractivity contribution in [2.45, 2.75) is 26.2 Å². The standard InChI is InChI=1S/C13H22N4OS/c1-10-14-15-12(19-10)8-13(18)17(3)9-11-4-6-16(2)7-5-11/h11H,4-9H2,1-3H3. The fourth-order valence-corrected chi connectivity index (χ4v) is 3.11. The molecule has 1 aliphatic heterocycles. The average molecular weight is 282 g/mol. The molecule has 1 fully saturated rings. The smallest absolute Gasteiger partial charge is 0.229 e. The van der Waals surface area contributed by atoms with E-state index in [1.807, 2.05) is 18.9 Å². The quantitative estimate of drug-likeness (QED) is 0.832. The molecule has 0 spiro atoms. The van der Waals surface area contributed by atoms with Crippen LogP contribution in [0.15, 0.2) is 0 Å². The normalized spacial score (nSPS) is 17.6. The lowest BCUT2D eigenvalue weighted by Gasteiger charge is -2.31. The molecule has 1 amide bonds. The number of carbonyl (C=O) groups is 1. The molecule has 0 aromatic carbocycles. The molecule has 0 atom stereocenters. The van der Waals surface area contributed by atoms with Gasteiger partial charge in [0, 0.05) is 13.6 Å². The summed E-state index contributed by atoms with van der Waals surface area (Å²) in [6.45, 7) is 5.06. The molecular formula is C13H22N4OS. The van der Waals surface area contributed by atoms with Gasteiger partial charge < -0.3 is 9.80 Å². The largest absolute Gasteiger partial charge is 0.345 e. The SMILES string of the molecule is Cc1nnc(CC(=O)N(C)CC2CCN(C)CC2)s1. The summed E-state index contributed by atoms with van der Waals surface area (Å²) >= 11 is 1.50. The maximum atomic E-state index is 12.1. The molecule has 2 heterocycles. The number of hydrogen-bond acceptors (Lipinski definition) is 5. The van der Waals surface area contributed by atoms with E-state index in [9.17, 15) is 4.79 Å². The number of hydrogen-bond donors (Lipinski definition) is 0. The second-order valence-electron chi connectivity index (χ2n) is 5.41. The van der Waals surface area contributed by atoms with E-state index >= 15 is 0 Å². The van der Waals surface area contributed by atoms with Crippen LogP contribution in [0.2, 0.25) is 0 Å². The van der Waals surface area contributed by atoms with Gasteiger partial charge in [0.05, 0.1) is 6.42 Å². The molecule has 1 saturated heterocycles. The highest BCUT2D eigenvalue weighted by molar-refractivity contribution is 7.11. The number of aromatic nitrogens is 2. The molecule has 0 N–H and O–H groups in total. The van der Waals surface area contributed by atoms with E-state index in [0.29, 0.717) is 12.3 Å². The number of aryl methyl sites for hydroxylation is 1. The molecule has 0 bridgehead atoms. The van der Waals surface area contributed by atoms with Crippen LogP contribution in [0.5, 0.6) is 0 Å². The average Bonchev–Trinajstić information content (AvgIpc) is 2.77. The van der Waals surface area contributed by atoms with Crippen LogP contribution in [0.1, 0.15) is 22.9 Å². The summed E-state index contributed by atoms with van der Waals surface area (Å²) in [6.07, 6.45) is 2.76. The van der Waals surface area contributed by atoms with E-state index in [0.717, 1.165) is 29.6 Å². The minimum Gasteiger partial charge on any atom is -0.345 e. The van der Waals surface area contributed by atoms with Gasteiger partial charge >= 0.3 is 0 Å². The Hall–Kier alpha value is -1.01. The molecule has 1 aliphatic rings. The van der Waals surface area contributed by atoms with Crippen molar-refractivity contribution in [1.82, 2.24) is 20.0 Å². The van der Waals surface area contributed by atoms with Crippen molar-refractivity contribution in [3.8, 4) is 0 Å². The van der Waals surface area contributed by atoms with Crippen LogP contribution in [0, 0.1) is 12.8 Å². The van der Waals surface area contributed by atoms with Crippen LogP contribution < -0.4 is 0 Å². The first-order valence-electron chi connectivity index (χ1n) is 6.76. The van der Waals surface area contributed by atoms with Crippen LogP contribution in [0.3, 0.4) is 0 Å². The van der Waals surface area contributed by atoms with Crippen LogP contribution in [0.4, 0.5) is 0 Å². The number of likely N-dealkylation sites (tertiary alicyclic amines) is 1. The summed E-state index contributed by atoms with van der Waals surface area (Å²) in [4.78, 5) is 16.3. The summed E-state index contributed by atoms with van der Waals surface area (Å²) < 4.78 is 0. The second-order valence-corrected chi connectivity index (χ2v) is 6.68. The van der Waals surface area contributed by atoms with E-state index in [-0.39, 0.29) is 5.91 Å². The van der Waals surface area contributed by atoms with Gasteiger partial charge in [0.15, 0.2) is 0 Å². The topological polar surface area (TPSA) is 49.3 Å². The van der Waals surface area contributed by atoms with Crippen molar-refractivity contribution in [2.24, 2.45) is 5.92 Å². The molecule has 5 nitrogen and oxygen atoms in total. The van der Waals surface area contributed by atoms with Crippen LogP contribution in [-0.2, 0) is 11.2 Å². The fraction of sp³-hybridized carbons (Fsp3) is 0.769. The molecule has 0 radical (unpaired) electrons. The van der Waals surface area contributed by atoms with Gasteiger partial charge in [-0.1, -0.05) is 0 Å². The summed E-state index contributed by atoms with van der Waals surface area (Å²) in [7, 11) is 4.05. The lowest BCUT2D eigenvalue weighted by atomic mass is 9.96. The van der Waals surface area contributed by atoms with E-state index in [1.54, 1.807) is 0 Å². The molecular weight excluding hydrogens is 260 g/mol. The lowest BCUT2D eigenvalue weighted by molar-refractivity contribution is -0.129. The summed E-state index contributed by atoms with van der Waals surface area (Å²) in [6, 6.07) is 0. The first-order chi connectivity index (χ1) is 9.04. The van der Waals surface area contributed by atoms with Gasteiger partial charge in [0.25, 0.3) is 0 Å². The minimum atomic E-state index is 0.148. The highest BCUT2D eigenvalue weighted by Crippen LogP contribution is 2.17. The Morgan fingerprint density at radius 2 is 2.11 bits per heavy atom. The Morgan fingerprint density at radius 1 is 1.42 bits per heavy atom. The van der Waals surface area contributed by atoms with Crippen molar-refractivity contribution in [2.75, 3.05) is 33.7 Å². The molecule has 0 unspecified atom stereocenters. The Labute approximate surface area is 118 Å². The molecule has 2 rings (SSSR count). The Morgan fingerprint density at radius 3 is 2.68 bits per heavy atom. The highest BCUT2D eigenvalue weighted by atomic mass is 32.1. The number of likely N-dealkylation sites (N-methyl/N-ethyl adjacent to an activating group) is 1. The molecule has 106 valence electrons. The van der Waals surface area contributed by atoms with Gasteiger partial charge in [-0.3, -0.25) is 4.79 Å². The fourth-order valence-electron chi connectivity index (χ4n) is 2.41. The summed E-state index contributed by atoms with van der Waals surface area (Å²) in [5, 5.41) is 9.69. The second kappa shape index (κ2) is 6.43. The van der Waals surface area contributed by atoms with Crippen molar-refractivity contribution < 1.29 is 4.79 Å². The Balaban J connectivity index is 1.79. The van der Waals surface area contributed by atoms with Gasteiger partial charge in [-0.15, -0.1) is 21.5 Å². The van der Waals surface area contributed by atoms with E-state index < -0.39 is 0 Å². The maximum absolute atomic E-state index is 12.1. The number of nitrogens with zero attached hydrogens (tertiary/aromatic N) is 4. The predicted molar refractivity (Wildman–Crippen MR) is 76.2 cm³/mol. The zero-order valence-corrected chi connectivity index (χ0v) is 12.7. The third-order valence-electron chi connectivity index (χ3n) is 3.67. The molecule has 1 aromatic heterocycles. The predicted octanol–water partition coefficient (Wildman–Crippen LogP) is 1.19. The number of rotatable bonds is 4. The Bertz CT molecular complexity index is 426. The molecule has 1 aromatic rings. The monoisotopic (exact) mass is 282 g/mol. The number of amides is 1.